The lowest BCUT2D eigenvalue weighted by Crippen LogP contribution is -2.58. The van der Waals surface area contributed by atoms with E-state index in [0.717, 1.165) is 36.0 Å². The SMILES string of the molecule is Cc1cc(C(=O)N2[C@H]3CCCC[C@H]4N(C)[C@@H](Cc5ccccc5)[C@@H]2C[C@@]34C)c2c(C)noc2n1. The molecule has 34 heavy (non-hydrogen) atoms. The summed E-state index contributed by atoms with van der Waals surface area (Å²) in [7, 11) is 2.30. The molecule has 5 atom stereocenters. The zero-order chi connectivity index (χ0) is 23.6. The molecule has 2 bridgehead atoms. The third-order valence-electron chi connectivity index (χ3n) is 9.03. The molecule has 1 amide bonds. The summed E-state index contributed by atoms with van der Waals surface area (Å²) in [4.78, 5) is 23.9. The highest BCUT2D eigenvalue weighted by Gasteiger charge is 2.62. The van der Waals surface area contributed by atoms with Gasteiger partial charge >= 0.3 is 0 Å². The van der Waals surface area contributed by atoms with Gasteiger partial charge in [0.05, 0.1) is 16.6 Å². The molecule has 2 saturated heterocycles. The molecule has 4 heterocycles. The van der Waals surface area contributed by atoms with Gasteiger partial charge in [-0.25, -0.2) is 4.98 Å². The number of hydrogen-bond donors (Lipinski definition) is 0. The maximum atomic E-state index is 14.5. The molecule has 1 saturated carbocycles. The van der Waals surface area contributed by atoms with Crippen LogP contribution in [0.2, 0.25) is 0 Å². The van der Waals surface area contributed by atoms with Crippen molar-refractivity contribution in [3.05, 3.63) is 58.9 Å². The number of rotatable bonds is 3. The number of likely N-dealkylation sites (N-methyl/N-ethyl adjacent to an activating group) is 1. The van der Waals surface area contributed by atoms with Gasteiger partial charge in [-0.1, -0.05) is 55.3 Å². The second-order valence-electron chi connectivity index (χ2n) is 11.0. The number of likely N-dealkylation sites (tertiary alicyclic amines) is 2. The van der Waals surface area contributed by atoms with E-state index in [1.165, 1.54) is 24.8 Å². The van der Waals surface area contributed by atoms with Gasteiger partial charge in [0.1, 0.15) is 0 Å². The number of carbonyl (C=O) groups excluding carboxylic acids is 1. The lowest BCUT2D eigenvalue weighted by molar-refractivity contribution is 0.0156. The van der Waals surface area contributed by atoms with Gasteiger partial charge < -0.3 is 9.42 Å². The Bertz CT molecular complexity index is 1240. The smallest absolute Gasteiger partial charge is 0.258 e. The first-order valence-corrected chi connectivity index (χ1v) is 12.7. The van der Waals surface area contributed by atoms with Gasteiger partial charge in [-0.15, -0.1) is 0 Å². The van der Waals surface area contributed by atoms with Crippen molar-refractivity contribution in [2.45, 2.75) is 83.5 Å². The standard InChI is InChI=1S/C28H34N4O2/c1-17-14-20(25-18(2)30-34-26(25)29-17)27(33)32-22-16-28(3)23(12-8-9-13-24(28)32)31(4)21(22)15-19-10-6-5-7-11-19/h5-7,10-11,14,21-24H,8-9,12-13,15-16H2,1-4H3/t21-,22-,23+,24-,28+/m0/s1. The number of aromatic nitrogens is 2. The molecule has 1 aliphatic carbocycles. The fourth-order valence-electron chi connectivity index (χ4n) is 7.51. The summed E-state index contributed by atoms with van der Waals surface area (Å²) >= 11 is 0. The van der Waals surface area contributed by atoms with Crippen LogP contribution in [0.5, 0.6) is 0 Å². The van der Waals surface area contributed by atoms with Crippen LogP contribution >= 0.6 is 0 Å². The van der Waals surface area contributed by atoms with Crippen molar-refractivity contribution in [3.63, 3.8) is 0 Å². The zero-order valence-corrected chi connectivity index (χ0v) is 20.6. The van der Waals surface area contributed by atoms with Crippen molar-refractivity contribution in [1.29, 1.82) is 0 Å². The van der Waals surface area contributed by atoms with E-state index in [0.29, 0.717) is 23.4 Å². The van der Waals surface area contributed by atoms with Crippen LogP contribution in [-0.4, -0.2) is 57.1 Å². The van der Waals surface area contributed by atoms with Gasteiger partial charge in [0.2, 0.25) is 0 Å². The van der Waals surface area contributed by atoms with Crippen molar-refractivity contribution in [1.82, 2.24) is 19.9 Å². The maximum absolute atomic E-state index is 14.5. The Morgan fingerprint density at radius 3 is 2.65 bits per heavy atom. The summed E-state index contributed by atoms with van der Waals surface area (Å²) in [6, 6.07) is 13.9. The number of pyridine rings is 1. The third kappa shape index (κ3) is 3.14. The maximum Gasteiger partial charge on any atom is 0.258 e. The number of fused-ring (bicyclic) bond motifs is 2. The number of piperidine rings is 1. The average molecular weight is 459 g/mol. The number of hydrogen-bond acceptors (Lipinski definition) is 5. The number of nitrogens with zero attached hydrogens (tertiary/aromatic N) is 4. The highest BCUT2D eigenvalue weighted by atomic mass is 16.5. The minimum atomic E-state index is 0.115. The molecule has 3 aliphatic rings. The fourth-order valence-corrected chi connectivity index (χ4v) is 7.51. The molecule has 0 unspecified atom stereocenters. The first-order chi connectivity index (χ1) is 16.4. The first-order valence-electron chi connectivity index (χ1n) is 12.7. The van der Waals surface area contributed by atoms with Crippen LogP contribution in [0.1, 0.15) is 66.3 Å². The fraction of sp³-hybridized carbons (Fsp3) is 0.536. The van der Waals surface area contributed by atoms with Gasteiger partial charge in [0, 0.05) is 35.3 Å². The predicted octanol–water partition coefficient (Wildman–Crippen LogP) is 4.93. The molecule has 178 valence electrons. The molecular formula is C28H34N4O2. The van der Waals surface area contributed by atoms with Gasteiger partial charge in [-0.3, -0.25) is 9.69 Å². The summed E-state index contributed by atoms with van der Waals surface area (Å²) in [6.07, 6.45) is 6.74. The number of amides is 1. The predicted molar refractivity (Wildman–Crippen MR) is 132 cm³/mol. The van der Waals surface area contributed by atoms with Gasteiger partial charge in [0.15, 0.2) is 0 Å². The van der Waals surface area contributed by atoms with E-state index in [-0.39, 0.29) is 23.4 Å². The van der Waals surface area contributed by atoms with E-state index in [9.17, 15) is 4.79 Å². The largest absolute Gasteiger partial charge is 0.336 e. The minimum absolute atomic E-state index is 0.115. The second kappa shape index (κ2) is 7.91. The van der Waals surface area contributed by atoms with E-state index >= 15 is 0 Å². The van der Waals surface area contributed by atoms with Crippen molar-refractivity contribution >= 4 is 17.0 Å². The average Bonchev–Trinajstić information content (AvgIpc) is 3.25. The number of carbonyl (C=O) groups is 1. The second-order valence-corrected chi connectivity index (χ2v) is 11.0. The highest BCUT2D eigenvalue weighted by Crippen LogP contribution is 2.55. The Balaban J connectivity index is 1.47. The van der Waals surface area contributed by atoms with Crippen LogP contribution in [0.3, 0.4) is 0 Å². The number of benzene rings is 1. The summed E-state index contributed by atoms with van der Waals surface area (Å²) in [5.41, 5.74) is 4.13. The molecule has 6 nitrogen and oxygen atoms in total. The van der Waals surface area contributed by atoms with Crippen molar-refractivity contribution < 1.29 is 9.32 Å². The molecule has 2 aliphatic heterocycles. The van der Waals surface area contributed by atoms with Gasteiger partial charge in [0.25, 0.3) is 11.6 Å². The van der Waals surface area contributed by atoms with E-state index in [1.807, 2.05) is 19.9 Å². The van der Waals surface area contributed by atoms with Crippen LogP contribution in [0.25, 0.3) is 11.1 Å². The lowest BCUT2D eigenvalue weighted by Gasteiger charge is -2.49. The number of aryl methyl sites for hydroxylation is 2. The molecule has 0 spiro atoms. The zero-order valence-electron chi connectivity index (χ0n) is 20.6. The molecular weight excluding hydrogens is 424 g/mol. The Morgan fingerprint density at radius 1 is 1.15 bits per heavy atom. The topological polar surface area (TPSA) is 62.5 Å². The van der Waals surface area contributed by atoms with Crippen LogP contribution in [0.15, 0.2) is 40.9 Å². The van der Waals surface area contributed by atoms with Gasteiger partial charge in [-0.05, 0) is 58.2 Å². The van der Waals surface area contributed by atoms with E-state index in [1.54, 1.807) is 0 Å². The highest BCUT2D eigenvalue weighted by molar-refractivity contribution is 6.06. The Morgan fingerprint density at radius 2 is 1.88 bits per heavy atom. The summed E-state index contributed by atoms with van der Waals surface area (Å²) < 4.78 is 5.47. The molecule has 0 N–H and O–H groups in total. The van der Waals surface area contributed by atoms with E-state index < -0.39 is 0 Å². The van der Waals surface area contributed by atoms with Crippen LogP contribution in [0, 0.1) is 19.3 Å². The Hall–Kier alpha value is -2.73. The molecule has 6 rings (SSSR count). The molecule has 0 radical (unpaired) electrons. The Labute approximate surface area is 201 Å². The van der Waals surface area contributed by atoms with E-state index in [4.69, 9.17) is 4.52 Å². The van der Waals surface area contributed by atoms with Crippen LogP contribution in [-0.2, 0) is 6.42 Å². The summed E-state index contributed by atoms with van der Waals surface area (Å²) in [5, 5.41) is 4.89. The molecule has 6 heteroatoms. The quantitative estimate of drug-likeness (QED) is 0.557. The van der Waals surface area contributed by atoms with Crippen molar-refractivity contribution in [3.8, 4) is 0 Å². The molecule has 3 fully saturated rings. The molecule has 2 aromatic heterocycles. The summed E-state index contributed by atoms with van der Waals surface area (Å²) in [6.45, 7) is 6.27. The first kappa shape index (κ1) is 21.8. The van der Waals surface area contributed by atoms with Crippen molar-refractivity contribution in [2.75, 3.05) is 7.05 Å². The third-order valence-corrected chi connectivity index (χ3v) is 9.03. The molecule has 1 aromatic carbocycles. The lowest BCUT2D eigenvalue weighted by atomic mass is 9.69. The van der Waals surface area contributed by atoms with Gasteiger partial charge in [-0.2, -0.15) is 0 Å². The van der Waals surface area contributed by atoms with Crippen LogP contribution in [0.4, 0.5) is 0 Å². The van der Waals surface area contributed by atoms with E-state index in [2.05, 4.69) is 64.2 Å². The van der Waals surface area contributed by atoms with Crippen LogP contribution < -0.4 is 0 Å². The monoisotopic (exact) mass is 458 g/mol. The normalized spacial score (nSPS) is 31.1. The summed E-state index contributed by atoms with van der Waals surface area (Å²) in [5.74, 6) is 0.120. The molecule has 3 aromatic rings. The minimum Gasteiger partial charge on any atom is -0.336 e. The Kier molecular flexibility index (Phi) is 5.07. The van der Waals surface area contributed by atoms with Crippen molar-refractivity contribution in [2.24, 2.45) is 5.41 Å².